The van der Waals surface area contributed by atoms with Crippen molar-refractivity contribution in [2.75, 3.05) is 7.11 Å². The molecule has 3 aromatic rings. The fraction of sp³-hybridized carbons (Fsp3) is 0.385. The van der Waals surface area contributed by atoms with Crippen molar-refractivity contribution in [3.63, 3.8) is 0 Å². The van der Waals surface area contributed by atoms with Gasteiger partial charge in [0.1, 0.15) is 17.3 Å². The molecule has 6 nitrogen and oxygen atoms in total. The van der Waals surface area contributed by atoms with E-state index in [1.54, 1.807) is 19.2 Å². The molecular formula is C26H29N3O3. The van der Waals surface area contributed by atoms with Gasteiger partial charge in [-0.1, -0.05) is 6.07 Å². The Labute approximate surface area is 188 Å². The highest BCUT2D eigenvalue weighted by Crippen LogP contribution is 2.31. The lowest BCUT2D eigenvalue weighted by molar-refractivity contribution is 0.0950. The van der Waals surface area contributed by atoms with Crippen molar-refractivity contribution in [1.29, 1.82) is 0 Å². The Hall–Kier alpha value is -3.28. The fourth-order valence-corrected chi connectivity index (χ4v) is 4.61. The number of benzene rings is 2. The summed E-state index contributed by atoms with van der Waals surface area (Å²) in [6.07, 6.45) is 9.19. The Bertz CT molecular complexity index is 1090. The molecule has 1 saturated carbocycles. The highest BCUT2D eigenvalue weighted by atomic mass is 16.5. The predicted molar refractivity (Wildman–Crippen MR) is 123 cm³/mol. The van der Waals surface area contributed by atoms with Gasteiger partial charge in [0.2, 0.25) is 0 Å². The van der Waals surface area contributed by atoms with Crippen LogP contribution in [0.5, 0.6) is 11.5 Å². The zero-order chi connectivity index (χ0) is 21.9. The Morgan fingerprint density at radius 1 is 1.16 bits per heavy atom. The lowest BCUT2D eigenvalue weighted by Gasteiger charge is -2.18. The van der Waals surface area contributed by atoms with Crippen molar-refractivity contribution < 1.29 is 14.3 Å². The van der Waals surface area contributed by atoms with Crippen LogP contribution < -0.4 is 14.8 Å². The van der Waals surface area contributed by atoms with Crippen molar-refractivity contribution >= 4 is 5.91 Å². The van der Waals surface area contributed by atoms with Crippen molar-refractivity contribution in [2.45, 2.75) is 57.7 Å². The van der Waals surface area contributed by atoms with Crippen LogP contribution in [0.4, 0.5) is 0 Å². The maximum absolute atomic E-state index is 12.8. The molecule has 1 fully saturated rings. The van der Waals surface area contributed by atoms with Gasteiger partial charge in [-0.25, -0.2) is 4.98 Å². The Morgan fingerprint density at radius 2 is 2.03 bits per heavy atom. The number of carbonyl (C=O) groups excluding carboxylic acids is 1. The van der Waals surface area contributed by atoms with Crippen molar-refractivity contribution in [3.8, 4) is 22.8 Å². The van der Waals surface area contributed by atoms with Crippen LogP contribution >= 0.6 is 0 Å². The van der Waals surface area contributed by atoms with E-state index in [0.717, 1.165) is 54.2 Å². The summed E-state index contributed by atoms with van der Waals surface area (Å²) in [4.78, 5) is 17.6. The summed E-state index contributed by atoms with van der Waals surface area (Å²) >= 11 is 0. The third kappa shape index (κ3) is 4.35. The standard InChI is InChI=1S/C26H29N3O3/c1-31-22-9-4-6-19(15-22)26(30)27-16-20-14-18(23-17-29-13-5-10-25(29)28-23)11-12-24(20)32-21-7-2-3-8-21/h4,6,9,11-12,14-15,17,21H,2-3,5,7-8,10,13,16H2,1H3,(H,27,30). The number of carbonyl (C=O) groups is 1. The lowest BCUT2D eigenvalue weighted by Crippen LogP contribution is -2.23. The van der Waals surface area contributed by atoms with Crippen LogP contribution in [0.1, 0.15) is 53.8 Å². The predicted octanol–water partition coefficient (Wildman–Crippen LogP) is 4.76. The summed E-state index contributed by atoms with van der Waals surface area (Å²) in [5.41, 5.74) is 3.58. The van der Waals surface area contributed by atoms with E-state index >= 15 is 0 Å². The second-order valence-corrected chi connectivity index (χ2v) is 8.60. The summed E-state index contributed by atoms with van der Waals surface area (Å²) in [5, 5.41) is 3.05. The number of amides is 1. The quantitative estimate of drug-likeness (QED) is 0.586. The molecule has 2 aromatic carbocycles. The topological polar surface area (TPSA) is 65.4 Å². The van der Waals surface area contributed by atoms with E-state index in [0.29, 0.717) is 17.9 Å². The smallest absolute Gasteiger partial charge is 0.251 e. The molecule has 1 aliphatic carbocycles. The number of methoxy groups -OCH3 is 1. The zero-order valence-corrected chi connectivity index (χ0v) is 18.5. The molecular weight excluding hydrogens is 402 g/mol. The minimum atomic E-state index is -0.137. The van der Waals surface area contributed by atoms with Gasteiger partial charge in [-0.3, -0.25) is 4.79 Å². The highest BCUT2D eigenvalue weighted by Gasteiger charge is 2.20. The second-order valence-electron chi connectivity index (χ2n) is 8.60. The van der Waals surface area contributed by atoms with Crippen molar-refractivity contribution in [2.24, 2.45) is 0 Å². The van der Waals surface area contributed by atoms with Gasteiger partial charge in [0.25, 0.3) is 5.91 Å². The van der Waals surface area contributed by atoms with Gasteiger partial charge in [0.05, 0.1) is 18.9 Å². The number of imidazole rings is 1. The van der Waals surface area contributed by atoms with E-state index in [4.69, 9.17) is 14.5 Å². The van der Waals surface area contributed by atoms with Crippen LogP contribution in [0.15, 0.2) is 48.7 Å². The Kier molecular flexibility index (Phi) is 5.84. The molecule has 0 spiro atoms. The molecule has 32 heavy (non-hydrogen) atoms. The number of hydrogen-bond acceptors (Lipinski definition) is 4. The molecule has 1 amide bonds. The minimum Gasteiger partial charge on any atom is -0.497 e. The van der Waals surface area contributed by atoms with E-state index in [1.165, 1.54) is 19.3 Å². The number of nitrogens with zero attached hydrogens (tertiary/aromatic N) is 2. The van der Waals surface area contributed by atoms with Crippen molar-refractivity contribution in [1.82, 2.24) is 14.9 Å². The summed E-state index contributed by atoms with van der Waals surface area (Å²) in [6, 6.07) is 13.4. The van der Waals surface area contributed by atoms with Crippen LogP contribution in [0.3, 0.4) is 0 Å². The number of aromatic nitrogens is 2. The number of rotatable bonds is 7. The third-order valence-corrected chi connectivity index (χ3v) is 6.38. The van der Waals surface area contributed by atoms with Gasteiger partial charge < -0.3 is 19.4 Å². The van der Waals surface area contributed by atoms with Gasteiger partial charge in [-0.15, -0.1) is 0 Å². The van der Waals surface area contributed by atoms with E-state index in [9.17, 15) is 4.79 Å². The summed E-state index contributed by atoms with van der Waals surface area (Å²) in [5.74, 6) is 2.53. The number of hydrogen-bond donors (Lipinski definition) is 1. The van der Waals surface area contributed by atoms with E-state index < -0.39 is 0 Å². The van der Waals surface area contributed by atoms with Gasteiger partial charge in [-0.2, -0.15) is 0 Å². The maximum atomic E-state index is 12.8. The van der Waals surface area contributed by atoms with Crippen molar-refractivity contribution in [3.05, 3.63) is 65.6 Å². The molecule has 166 valence electrons. The molecule has 2 heterocycles. The Morgan fingerprint density at radius 3 is 2.84 bits per heavy atom. The van der Waals surface area contributed by atoms with Gasteiger partial charge in [-0.05, 0) is 68.5 Å². The molecule has 0 radical (unpaired) electrons. The molecule has 0 unspecified atom stereocenters. The first-order chi connectivity index (χ1) is 15.7. The Balaban J connectivity index is 1.38. The lowest BCUT2D eigenvalue weighted by atomic mass is 10.1. The highest BCUT2D eigenvalue weighted by molar-refractivity contribution is 5.94. The average molecular weight is 432 g/mol. The third-order valence-electron chi connectivity index (χ3n) is 6.38. The van der Waals surface area contributed by atoms with Crippen LogP contribution in [-0.2, 0) is 19.5 Å². The minimum absolute atomic E-state index is 0.137. The molecule has 1 aliphatic heterocycles. The molecule has 1 aromatic heterocycles. The number of aryl methyl sites for hydroxylation is 2. The molecule has 0 saturated heterocycles. The second kappa shape index (κ2) is 9.07. The fourth-order valence-electron chi connectivity index (χ4n) is 4.61. The monoisotopic (exact) mass is 431 g/mol. The number of fused-ring (bicyclic) bond motifs is 1. The first-order valence-electron chi connectivity index (χ1n) is 11.5. The molecule has 6 heteroatoms. The molecule has 1 N–H and O–H groups in total. The number of ether oxygens (including phenoxy) is 2. The summed E-state index contributed by atoms with van der Waals surface area (Å²) < 4.78 is 13.8. The largest absolute Gasteiger partial charge is 0.497 e. The van der Waals surface area contributed by atoms with Gasteiger partial charge in [0.15, 0.2) is 0 Å². The van der Waals surface area contributed by atoms with E-state index in [-0.39, 0.29) is 12.0 Å². The first-order valence-corrected chi connectivity index (χ1v) is 11.5. The van der Waals surface area contributed by atoms with Crippen LogP contribution in [0, 0.1) is 0 Å². The molecule has 0 bridgehead atoms. The number of nitrogens with one attached hydrogen (secondary N) is 1. The van der Waals surface area contributed by atoms with Crippen LogP contribution in [0.2, 0.25) is 0 Å². The molecule has 0 atom stereocenters. The van der Waals surface area contributed by atoms with Gasteiger partial charge in [0, 0.05) is 42.4 Å². The first kappa shape index (κ1) is 20.6. The normalized spacial score (nSPS) is 15.5. The van der Waals surface area contributed by atoms with E-state index in [1.807, 2.05) is 18.2 Å². The van der Waals surface area contributed by atoms with Gasteiger partial charge >= 0.3 is 0 Å². The molecule has 2 aliphatic rings. The van der Waals surface area contributed by atoms with E-state index in [2.05, 4.69) is 28.2 Å². The molecule has 5 rings (SSSR count). The maximum Gasteiger partial charge on any atom is 0.251 e. The van der Waals surface area contributed by atoms with Crippen LogP contribution in [0.25, 0.3) is 11.3 Å². The van der Waals surface area contributed by atoms with Crippen LogP contribution in [-0.4, -0.2) is 28.7 Å². The average Bonchev–Trinajstić information content (AvgIpc) is 3.56. The summed E-state index contributed by atoms with van der Waals surface area (Å²) in [7, 11) is 1.60. The summed E-state index contributed by atoms with van der Waals surface area (Å²) in [6.45, 7) is 1.42. The zero-order valence-electron chi connectivity index (χ0n) is 18.5. The SMILES string of the molecule is COc1cccc(C(=O)NCc2cc(-c3cn4c(n3)CCC4)ccc2OC2CCCC2)c1.